The number of carbonyl (C=O) groups is 1. The van der Waals surface area contributed by atoms with Gasteiger partial charge >= 0.3 is 0 Å². The van der Waals surface area contributed by atoms with Gasteiger partial charge < -0.3 is 10.5 Å². The molecule has 0 aliphatic heterocycles. The average molecular weight is 264 g/mol. The highest BCUT2D eigenvalue weighted by atomic mass is 32.2. The van der Waals surface area contributed by atoms with Crippen molar-refractivity contribution in [3.8, 4) is 5.75 Å². The number of anilines is 1. The van der Waals surface area contributed by atoms with Crippen molar-refractivity contribution in [3.05, 3.63) is 29.8 Å². The van der Waals surface area contributed by atoms with E-state index in [0.717, 1.165) is 0 Å². The van der Waals surface area contributed by atoms with Crippen molar-refractivity contribution >= 4 is 23.5 Å². The summed E-state index contributed by atoms with van der Waals surface area (Å²) >= 11 is 1.23. The first-order valence-electron chi connectivity index (χ1n) is 5.17. The Morgan fingerprint density at radius 2 is 2.39 bits per heavy atom. The Hall–Kier alpha value is -2.02. The zero-order chi connectivity index (χ0) is 13.0. The number of hydrogen-bond acceptors (Lipinski definition) is 6. The molecule has 0 bridgehead atoms. The fraction of sp³-hybridized carbons (Fsp3) is 0.182. The third kappa shape index (κ3) is 3.01. The van der Waals surface area contributed by atoms with Crippen molar-refractivity contribution in [1.29, 1.82) is 0 Å². The Labute approximate surface area is 108 Å². The molecule has 0 aliphatic carbocycles. The van der Waals surface area contributed by atoms with Gasteiger partial charge in [0.1, 0.15) is 5.75 Å². The molecule has 0 radical (unpaired) electrons. The zero-order valence-corrected chi connectivity index (χ0v) is 10.5. The van der Waals surface area contributed by atoms with E-state index >= 15 is 0 Å². The van der Waals surface area contributed by atoms with E-state index in [1.807, 2.05) is 0 Å². The molecule has 6 nitrogen and oxygen atoms in total. The van der Waals surface area contributed by atoms with Crippen LogP contribution in [0.3, 0.4) is 0 Å². The van der Waals surface area contributed by atoms with Gasteiger partial charge in [-0.05, 0) is 12.1 Å². The summed E-state index contributed by atoms with van der Waals surface area (Å²) < 4.78 is 5.07. The van der Waals surface area contributed by atoms with Gasteiger partial charge in [0.2, 0.25) is 11.1 Å². The second kappa shape index (κ2) is 5.54. The molecule has 0 saturated carbocycles. The second-order valence-corrected chi connectivity index (χ2v) is 4.39. The molecular weight excluding hydrogens is 252 g/mol. The number of benzene rings is 1. The average Bonchev–Trinajstić information content (AvgIpc) is 2.82. The lowest BCUT2D eigenvalue weighted by Crippen LogP contribution is -2.02. The van der Waals surface area contributed by atoms with Gasteiger partial charge in [-0.3, -0.25) is 4.79 Å². The van der Waals surface area contributed by atoms with Crippen molar-refractivity contribution in [1.82, 2.24) is 15.2 Å². The maximum absolute atomic E-state index is 11.9. The summed E-state index contributed by atoms with van der Waals surface area (Å²) in [6, 6.07) is 7.02. The molecule has 1 aromatic heterocycles. The molecule has 0 amide bonds. The molecule has 0 fully saturated rings. The van der Waals surface area contributed by atoms with Crippen LogP contribution in [-0.4, -0.2) is 33.8 Å². The molecule has 0 atom stereocenters. The largest absolute Gasteiger partial charge is 0.497 e. The number of H-pyrrole nitrogens is 1. The topological polar surface area (TPSA) is 93.9 Å². The monoisotopic (exact) mass is 264 g/mol. The smallest absolute Gasteiger partial charge is 0.216 e. The molecule has 18 heavy (non-hydrogen) atoms. The molecule has 0 aliphatic rings. The summed E-state index contributed by atoms with van der Waals surface area (Å²) in [6.07, 6.45) is 0. The van der Waals surface area contributed by atoms with E-state index in [4.69, 9.17) is 10.5 Å². The van der Waals surface area contributed by atoms with Crippen molar-refractivity contribution < 1.29 is 9.53 Å². The van der Waals surface area contributed by atoms with Crippen LogP contribution in [-0.2, 0) is 0 Å². The van der Waals surface area contributed by atoms with Crippen molar-refractivity contribution in [3.63, 3.8) is 0 Å². The van der Waals surface area contributed by atoms with E-state index in [1.54, 1.807) is 31.4 Å². The summed E-state index contributed by atoms with van der Waals surface area (Å²) in [4.78, 5) is 15.8. The number of nitrogen functional groups attached to an aromatic ring is 1. The molecule has 3 N–H and O–H groups in total. The lowest BCUT2D eigenvalue weighted by Gasteiger charge is -2.02. The highest BCUT2D eigenvalue weighted by Gasteiger charge is 2.09. The first kappa shape index (κ1) is 12.4. The fourth-order valence-corrected chi connectivity index (χ4v) is 2.03. The van der Waals surface area contributed by atoms with E-state index < -0.39 is 0 Å². The number of ketones is 1. The number of nitrogens with two attached hydrogens (primary N) is 1. The summed E-state index contributed by atoms with van der Waals surface area (Å²) in [7, 11) is 1.56. The number of carbonyl (C=O) groups excluding carboxylic acids is 1. The van der Waals surface area contributed by atoms with Crippen molar-refractivity contribution in [2.45, 2.75) is 5.16 Å². The summed E-state index contributed by atoms with van der Waals surface area (Å²) in [5, 5.41) is 6.82. The van der Waals surface area contributed by atoms with Crippen LogP contribution in [0, 0.1) is 0 Å². The van der Waals surface area contributed by atoms with E-state index in [0.29, 0.717) is 16.5 Å². The molecule has 1 heterocycles. The SMILES string of the molecule is COc1cccc(C(=O)CSc2n[nH]c(N)n2)c1. The Morgan fingerprint density at radius 3 is 3.06 bits per heavy atom. The molecule has 0 unspecified atom stereocenters. The predicted octanol–water partition coefficient (Wildman–Crippen LogP) is 1.37. The van der Waals surface area contributed by atoms with Gasteiger partial charge in [0.25, 0.3) is 0 Å². The predicted molar refractivity (Wildman–Crippen MR) is 68.8 cm³/mol. The van der Waals surface area contributed by atoms with Gasteiger partial charge in [-0.2, -0.15) is 4.98 Å². The quantitative estimate of drug-likeness (QED) is 0.625. The molecule has 94 valence electrons. The number of thioether (sulfide) groups is 1. The second-order valence-electron chi connectivity index (χ2n) is 3.45. The number of aromatic amines is 1. The Bertz CT molecular complexity index is 555. The maximum atomic E-state index is 11.9. The van der Waals surface area contributed by atoms with Gasteiger partial charge in [0, 0.05) is 5.56 Å². The third-order valence-electron chi connectivity index (χ3n) is 2.21. The van der Waals surface area contributed by atoms with Gasteiger partial charge in [-0.1, -0.05) is 23.9 Å². The van der Waals surface area contributed by atoms with E-state index in [9.17, 15) is 4.79 Å². The van der Waals surface area contributed by atoms with E-state index in [-0.39, 0.29) is 17.5 Å². The number of nitrogens with zero attached hydrogens (tertiary/aromatic N) is 2. The van der Waals surface area contributed by atoms with Gasteiger partial charge in [-0.25, -0.2) is 5.10 Å². The van der Waals surface area contributed by atoms with Crippen LogP contribution in [0.2, 0.25) is 0 Å². The minimum atomic E-state index is -0.0118. The maximum Gasteiger partial charge on any atom is 0.216 e. The normalized spacial score (nSPS) is 10.3. The van der Waals surface area contributed by atoms with Crippen LogP contribution in [0.5, 0.6) is 5.75 Å². The van der Waals surface area contributed by atoms with E-state index in [1.165, 1.54) is 11.8 Å². The number of aromatic nitrogens is 3. The molecule has 2 aromatic rings. The van der Waals surface area contributed by atoms with Gasteiger partial charge in [0.15, 0.2) is 5.78 Å². The lowest BCUT2D eigenvalue weighted by atomic mass is 10.1. The molecule has 2 rings (SSSR count). The van der Waals surface area contributed by atoms with Crippen LogP contribution in [0.15, 0.2) is 29.4 Å². The van der Waals surface area contributed by atoms with Crippen LogP contribution in [0.1, 0.15) is 10.4 Å². The van der Waals surface area contributed by atoms with Crippen LogP contribution < -0.4 is 10.5 Å². The zero-order valence-electron chi connectivity index (χ0n) is 9.71. The van der Waals surface area contributed by atoms with Gasteiger partial charge in [0.05, 0.1) is 12.9 Å². The fourth-order valence-electron chi connectivity index (χ4n) is 1.33. The number of rotatable bonds is 5. The third-order valence-corrected chi connectivity index (χ3v) is 3.05. The number of Topliss-reactive ketones (excluding diaryl/α,β-unsaturated/α-hetero) is 1. The molecule has 7 heteroatoms. The van der Waals surface area contributed by atoms with Crippen LogP contribution in [0.25, 0.3) is 0 Å². The van der Waals surface area contributed by atoms with Gasteiger partial charge in [-0.15, -0.1) is 5.10 Å². The number of methoxy groups -OCH3 is 1. The number of nitrogens with one attached hydrogen (secondary N) is 1. The van der Waals surface area contributed by atoms with Crippen molar-refractivity contribution in [2.24, 2.45) is 0 Å². The van der Waals surface area contributed by atoms with Crippen LogP contribution >= 0.6 is 11.8 Å². The molecule has 0 spiro atoms. The standard InChI is InChI=1S/C11H12N4O2S/c1-17-8-4-2-3-7(5-8)9(16)6-18-11-13-10(12)14-15-11/h2-5H,6H2,1H3,(H3,12,13,14,15). The number of ether oxygens (including phenoxy) is 1. The highest BCUT2D eigenvalue weighted by molar-refractivity contribution is 7.99. The van der Waals surface area contributed by atoms with E-state index in [2.05, 4.69) is 15.2 Å². The molecular formula is C11H12N4O2S. The summed E-state index contributed by atoms with van der Waals surface area (Å²) in [5.41, 5.74) is 5.99. The number of hydrogen-bond donors (Lipinski definition) is 2. The first-order valence-corrected chi connectivity index (χ1v) is 6.15. The Morgan fingerprint density at radius 1 is 1.56 bits per heavy atom. The minimum Gasteiger partial charge on any atom is -0.497 e. The minimum absolute atomic E-state index is 0.0118. The highest BCUT2D eigenvalue weighted by Crippen LogP contribution is 2.18. The molecule has 1 aromatic carbocycles. The first-order chi connectivity index (χ1) is 8.69. The van der Waals surface area contributed by atoms with Crippen LogP contribution in [0.4, 0.5) is 5.95 Å². The Kier molecular flexibility index (Phi) is 3.83. The summed E-state index contributed by atoms with van der Waals surface area (Å²) in [6.45, 7) is 0. The lowest BCUT2D eigenvalue weighted by molar-refractivity contribution is 0.102. The summed E-state index contributed by atoms with van der Waals surface area (Å²) in [5.74, 6) is 1.14. The molecule has 0 saturated heterocycles. The van der Waals surface area contributed by atoms with Crippen molar-refractivity contribution in [2.75, 3.05) is 18.6 Å². The Balaban J connectivity index is 1.99.